The molecule has 1 spiro atoms. The molecule has 2 bridgehead atoms. The molecule has 1 heterocycles. The number of rotatable bonds is 5. The number of halogens is 3. The maximum absolute atomic E-state index is 12.3. The predicted molar refractivity (Wildman–Crippen MR) is 94.2 cm³/mol. The van der Waals surface area contributed by atoms with E-state index in [-0.39, 0.29) is 5.75 Å². The van der Waals surface area contributed by atoms with Crippen LogP contribution in [0.25, 0.3) is 11.3 Å². The van der Waals surface area contributed by atoms with Crippen LogP contribution in [0.4, 0.5) is 13.2 Å². The molecule has 2 aromatic rings. The van der Waals surface area contributed by atoms with Crippen LogP contribution in [0.1, 0.15) is 37.8 Å². The molecule has 148 valence electrons. The minimum absolute atomic E-state index is 0.248. The van der Waals surface area contributed by atoms with Crippen LogP contribution in [-0.4, -0.2) is 17.1 Å². The monoisotopic (exact) mass is 390 g/mol. The second-order valence-electron chi connectivity index (χ2n) is 9.07. The quantitative estimate of drug-likeness (QED) is 0.788. The van der Waals surface area contributed by atoms with E-state index in [9.17, 15) is 13.2 Å². The van der Waals surface area contributed by atoms with Crippen molar-refractivity contribution in [2.24, 2.45) is 23.2 Å². The lowest BCUT2D eigenvalue weighted by molar-refractivity contribution is -0.274. The van der Waals surface area contributed by atoms with E-state index in [4.69, 9.17) is 4.52 Å². The molecule has 6 rings (SSSR count). The molecular formula is C21H21F3N2O2. The van der Waals surface area contributed by atoms with Crippen molar-refractivity contribution in [3.8, 4) is 17.1 Å². The molecule has 1 aromatic carbocycles. The summed E-state index contributed by atoms with van der Waals surface area (Å²) in [6.07, 6.45) is 2.18. The third kappa shape index (κ3) is 2.19. The fraction of sp³-hybridized carbons (Fsp3) is 0.571. The first-order chi connectivity index (χ1) is 13.4. The van der Waals surface area contributed by atoms with Crippen LogP contribution in [0.2, 0.25) is 0 Å². The SMILES string of the molecule is FC(F)(F)Oc1ccc(-c2cc(CNC34CC5CC6CC(C3)C64C5)no2)cc1. The second kappa shape index (κ2) is 5.32. The average Bonchev–Trinajstić information content (AvgIpc) is 3.28. The number of hydrogen-bond donors (Lipinski definition) is 1. The summed E-state index contributed by atoms with van der Waals surface area (Å²) < 4.78 is 46.1. The van der Waals surface area contributed by atoms with Gasteiger partial charge in [0.1, 0.15) is 5.75 Å². The maximum Gasteiger partial charge on any atom is 0.573 e. The van der Waals surface area contributed by atoms with E-state index < -0.39 is 6.36 Å². The standard InChI is InChI=1S/C21H21F3N2O2/c22-21(23,24)27-17-3-1-13(2-4-17)18-7-16(26-28-18)11-25-19-8-12-5-14-6-15(10-19)20(14,19)9-12/h1-4,7,12,14-15,25H,5-6,8-11H2. The van der Waals surface area contributed by atoms with E-state index in [1.807, 2.05) is 6.07 Å². The number of aromatic nitrogens is 1. The van der Waals surface area contributed by atoms with Crippen molar-refractivity contribution >= 4 is 0 Å². The Balaban J connectivity index is 1.13. The van der Waals surface area contributed by atoms with Gasteiger partial charge in [-0.1, -0.05) is 5.16 Å². The Morgan fingerprint density at radius 2 is 1.93 bits per heavy atom. The van der Waals surface area contributed by atoms with Crippen molar-refractivity contribution in [2.45, 2.75) is 50.6 Å². The number of fused-ring (bicyclic) bond motifs is 1. The highest BCUT2D eigenvalue weighted by Gasteiger charge is 2.80. The molecule has 0 aliphatic heterocycles. The maximum atomic E-state index is 12.3. The number of hydrogen-bond acceptors (Lipinski definition) is 4. The zero-order chi connectivity index (χ0) is 19.1. The Morgan fingerprint density at radius 1 is 1.11 bits per heavy atom. The van der Waals surface area contributed by atoms with Crippen LogP contribution in [0, 0.1) is 23.2 Å². The van der Waals surface area contributed by atoms with Gasteiger partial charge in [-0.3, -0.25) is 0 Å². The van der Waals surface area contributed by atoms with E-state index in [2.05, 4.69) is 15.2 Å². The summed E-state index contributed by atoms with van der Waals surface area (Å²) in [4.78, 5) is 0. The average molecular weight is 390 g/mol. The first kappa shape index (κ1) is 16.9. The summed E-state index contributed by atoms with van der Waals surface area (Å²) in [7, 11) is 0. The third-order valence-corrected chi connectivity index (χ3v) is 7.93. The Hall–Kier alpha value is -2.02. The molecule has 5 unspecified atom stereocenters. The van der Waals surface area contributed by atoms with Gasteiger partial charge in [0, 0.05) is 23.7 Å². The van der Waals surface area contributed by atoms with Crippen molar-refractivity contribution in [1.82, 2.24) is 10.5 Å². The Bertz CT molecular complexity index is 924. The van der Waals surface area contributed by atoms with Crippen molar-refractivity contribution in [2.75, 3.05) is 0 Å². The Morgan fingerprint density at radius 3 is 2.64 bits per heavy atom. The smallest absolute Gasteiger partial charge is 0.406 e. The highest BCUT2D eigenvalue weighted by Crippen LogP contribution is 2.82. The molecule has 4 aliphatic rings. The summed E-state index contributed by atoms with van der Waals surface area (Å²) in [6, 6.07) is 7.51. The summed E-state index contributed by atoms with van der Waals surface area (Å²) in [6.45, 7) is 0.673. The van der Waals surface area contributed by atoms with Crippen LogP contribution in [0.15, 0.2) is 34.9 Å². The van der Waals surface area contributed by atoms with Crippen LogP contribution in [-0.2, 0) is 6.54 Å². The number of nitrogens with one attached hydrogen (secondary N) is 1. The van der Waals surface area contributed by atoms with E-state index in [0.29, 0.717) is 28.8 Å². The highest BCUT2D eigenvalue weighted by molar-refractivity contribution is 5.58. The molecule has 28 heavy (non-hydrogen) atoms. The molecule has 4 fully saturated rings. The van der Waals surface area contributed by atoms with Gasteiger partial charge in [0.15, 0.2) is 5.76 Å². The van der Waals surface area contributed by atoms with Crippen molar-refractivity contribution in [1.29, 1.82) is 0 Å². The van der Waals surface area contributed by atoms with Gasteiger partial charge in [0.05, 0.1) is 5.69 Å². The fourth-order valence-electron chi connectivity index (χ4n) is 7.10. The van der Waals surface area contributed by atoms with E-state index in [0.717, 1.165) is 23.4 Å². The van der Waals surface area contributed by atoms with Crippen molar-refractivity contribution in [3.05, 3.63) is 36.0 Å². The van der Waals surface area contributed by atoms with Gasteiger partial charge >= 0.3 is 6.36 Å². The predicted octanol–water partition coefficient (Wildman–Crippen LogP) is 4.91. The summed E-state index contributed by atoms with van der Waals surface area (Å²) in [5, 5.41) is 7.98. The number of nitrogens with zero attached hydrogens (tertiary/aromatic N) is 1. The zero-order valence-corrected chi connectivity index (χ0v) is 15.3. The molecule has 4 saturated carbocycles. The number of ether oxygens (including phenoxy) is 1. The molecule has 0 amide bonds. The summed E-state index contributed by atoms with van der Waals surface area (Å²) in [5.74, 6) is 3.06. The van der Waals surface area contributed by atoms with Gasteiger partial charge in [-0.05, 0) is 79.5 Å². The summed E-state index contributed by atoms with van der Waals surface area (Å²) >= 11 is 0. The molecular weight excluding hydrogens is 369 g/mol. The van der Waals surface area contributed by atoms with Crippen molar-refractivity contribution in [3.63, 3.8) is 0 Å². The fourth-order valence-corrected chi connectivity index (χ4v) is 7.10. The van der Waals surface area contributed by atoms with Crippen LogP contribution >= 0.6 is 0 Å². The van der Waals surface area contributed by atoms with Crippen LogP contribution < -0.4 is 10.1 Å². The first-order valence-corrected chi connectivity index (χ1v) is 9.94. The molecule has 4 aliphatic carbocycles. The van der Waals surface area contributed by atoms with Gasteiger partial charge < -0.3 is 14.6 Å². The van der Waals surface area contributed by atoms with Gasteiger partial charge in [-0.2, -0.15) is 0 Å². The molecule has 0 radical (unpaired) electrons. The number of benzene rings is 1. The molecule has 0 saturated heterocycles. The lowest BCUT2D eigenvalue weighted by atomic mass is 9.35. The van der Waals surface area contributed by atoms with Crippen LogP contribution in [0.5, 0.6) is 5.75 Å². The van der Waals surface area contributed by atoms with E-state index >= 15 is 0 Å². The minimum Gasteiger partial charge on any atom is -0.406 e. The van der Waals surface area contributed by atoms with Gasteiger partial charge in [-0.25, -0.2) is 0 Å². The van der Waals surface area contributed by atoms with Crippen LogP contribution in [0.3, 0.4) is 0 Å². The van der Waals surface area contributed by atoms with E-state index in [1.165, 1.54) is 44.2 Å². The molecule has 1 N–H and O–H groups in total. The molecule has 1 aromatic heterocycles. The lowest BCUT2D eigenvalue weighted by Gasteiger charge is -2.73. The largest absolute Gasteiger partial charge is 0.573 e. The minimum atomic E-state index is -4.69. The van der Waals surface area contributed by atoms with Crippen molar-refractivity contribution < 1.29 is 22.4 Å². The Kier molecular flexibility index (Phi) is 3.21. The Labute approximate surface area is 160 Å². The van der Waals surface area contributed by atoms with Gasteiger partial charge in [0.2, 0.25) is 0 Å². The molecule has 7 heteroatoms. The van der Waals surface area contributed by atoms with E-state index in [1.54, 1.807) is 12.1 Å². The lowest BCUT2D eigenvalue weighted by Crippen LogP contribution is -2.75. The normalized spacial score (nSPS) is 37.3. The third-order valence-electron chi connectivity index (χ3n) is 7.93. The highest BCUT2D eigenvalue weighted by atomic mass is 19.4. The topological polar surface area (TPSA) is 47.3 Å². The molecule has 5 atom stereocenters. The zero-order valence-electron chi connectivity index (χ0n) is 15.3. The van der Waals surface area contributed by atoms with Gasteiger partial charge in [0.25, 0.3) is 0 Å². The number of alkyl halides is 3. The summed E-state index contributed by atoms with van der Waals surface area (Å²) in [5.41, 5.74) is 2.38. The first-order valence-electron chi connectivity index (χ1n) is 9.94. The van der Waals surface area contributed by atoms with Gasteiger partial charge in [-0.15, -0.1) is 13.2 Å². The second-order valence-corrected chi connectivity index (χ2v) is 9.07. The molecule has 4 nitrogen and oxygen atoms in total.